The minimum absolute atomic E-state index is 0.0787. The summed E-state index contributed by atoms with van der Waals surface area (Å²) < 4.78 is 10.9. The first-order chi connectivity index (χ1) is 11.8. The minimum Gasteiger partial charge on any atom is -0.454 e. The molecule has 0 fully saturated rings. The highest BCUT2D eigenvalue weighted by Gasteiger charge is 2.29. The first kappa shape index (κ1) is 15.4. The van der Waals surface area contributed by atoms with Gasteiger partial charge in [0.1, 0.15) is 0 Å². The second kappa shape index (κ2) is 6.40. The highest BCUT2D eigenvalue weighted by atomic mass is 32.2. The van der Waals surface area contributed by atoms with Gasteiger partial charge < -0.3 is 14.4 Å². The standard InChI is InChI=1S/C19H19NO3S/c1-2-9-20-14-5-3-4-6-17(14)24-18(11-19(20)21)13-7-8-15-16(10-13)23-12-22-15/h3-8,10,18H,2,9,11-12H2,1H3. The van der Waals surface area contributed by atoms with Crippen molar-refractivity contribution in [3.63, 3.8) is 0 Å². The van der Waals surface area contributed by atoms with E-state index in [-0.39, 0.29) is 18.0 Å². The number of hydrogen-bond acceptors (Lipinski definition) is 4. The normalized spacial score (nSPS) is 19.1. The maximum absolute atomic E-state index is 12.8. The van der Waals surface area contributed by atoms with Crippen molar-refractivity contribution in [2.45, 2.75) is 29.9 Å². The largest absolute Gasteiger partial charge is 0.454 e. The molecule has 2 aliphatic rings. The Labute approximate surface area is 145 Å². The summed E-state index contributed by atoms with van der Waals surface area (Å²) in [6.45, 7) is 3.12. The summed E-state index contributed by atoms with van der Waals surface area (Å²) >= 11 is 1.75. The molecule has 2 aromatic carbocycles. The van der Waals surface area contributed by atoms with Gasteiger partial charge in [-0.3, -0.25) is 4.79 Å². The highest BCUT2D eigenvalue weighted by molar-refractivity contribution is 7.99. The Kier molecular flexibility index (Phi) is 4.10. The molecule has 0 spiro atoms. The Hall–Kier alpha value is -2.14. The third-order valence-corrected chi connectivity index (χ3v) is 5.62. The molecule has 0 aromatic heterocycles. The topological polar surface area (TPSA) is 38.8 Å². The molecule has 0 saturated heterocycles. The van der Waals surface area contributed by atoms with Crippen LogP contribution in [0.4, 0.5) is 5.69 Å². The minimum atomic E-state index is 0.0787. The van der Waals surface area contributed by atoms with Gasteiger partial charge >= 0.3 is 0 Å². The van der Waals surface area contributed by atoms with E-state index in [0.717, 1.165) is 40.6 Å². The predicted molar refractivity (Wildman–Crippen MR) is 94.9 cm³/mol. The van der Waals surface area contributed by atoms with Gasteiger partial charge in [-0.15, -0.1) is 11.8 Å². The van der Waals surface area contributed by atoms with E-state index in [1.165, 1.54) is 0 Å². The number of carbonyl (C=O) groups excluding carboxylic acids is 1. The van der Waals surface area contributed by atoms with Gasteiger partial charge in [0, 0.05) is 23.1 Å². The van der Waals surface area contributed by atoms with Gasteiger partial charge in [0.2, 0.25) is 12.7 Å². The van der Waals surface area contributed by atoms with Crippen LogP contribution in [-0.2, 0) is 4.79 Å². The van der Waals surface area contributed by atoms with E-state index in [0.29, 0.717) is 6.42 Å². The van der Waals surface area contributed by atoms with Crippen LogP contribution in [-0.4, -0.2) is 19.2 Å². The Morgan fingerprint density at radius 3 is 2.88 bits per heavy atom. The second-order valence-electron chi connectivity index (χ2n) is 5.94. The summed E-state index contributed by atoms with van der Waals surface area (Å²) in [6.07, 6.45) is 1.43. The summed E-state index contributed by atoms with van der Waals surface area (Å²) in [5.41, 5.74) is 2.13. The van der Waals surface area contributed by atoms with Gasteiger partial charge in [0.05, 0.1) is 5.69 Å². The molecule has 0 aliphatic carbocycles. The number of fused-ring (bicyclic) bond motifs is 2. The number of thioether (sulfide) groups is 1. The Bertz CT molecular complexity index is 777. The quantitative estimate of drug-likeness (QED) is 0.830. The fourth-order valence-electron chi connectivity index (χ4n) is 3.15. The van der Waals surface area contributed by atoms with Crippen LogP contribution in [0.5, 0.6) is 11.5 Å². The Morgan fingerprint density at radius 1 is 1.17 bits per heavy atom. The van der Waals surface area contributed by atoms with Crippen LogP contribution in [0, 0.1) is 0 Å². The average Bonchev–Trinajstić information content (AvgIpc) is 3.02. The van der Waals surface area contributed by atoms with Crippen LogP contribution >= 0.6 is 11.8 Å². The zero-order valence-electron chi connectivity index (χ0n) is 13.5. The van der Waals surface area contributed by atoms with Crippen molar-refractivity contribution in [2.24, 2.45) is 0 Å². The van der Waals surface area contributed by atoms with Gasteiger partial charge in [-0.1, -0.05) is 25.1 Å². The van der Waals surface area contributed by atoms with Crippen LogP contribution in [0.2, 0.25) is 0 Å². The molecule has 1 amide bonds. The number of amides is 1. The molecule has 4 rings (SSSR count). The number of benzene rings is 2. The molecular weight excluding hydrogens is 322 g/mol. The lowest BCUT2D eigenvalue weighted by Crippen LogP contribution is -2.31. The maximum Gasteiger partial charge on any atom is 0.231 e. The summed E-state index contributed by atoms with van der Waals surface area (Å²) in [5.74, 6) is 1.72. The summed E-state index contributed by atoms with van der Waals surface area (Å²) in [5, 5.41) is 0.0787. The van der Waals surface area contributed by atoms with E-state index in [2.05, 4.69) is 13.0 Å². The third-order valence-electron chi connectivity index (χ3n) is 4.30. The van der Waals surface area contributed by atoms with E-state index in [1.54, 1.807) is 11.8 Å². The zero-order chi connectivity index (χ0) is 16.5. The van der Waals surface area contributed by atoms with Crippen molar-refractivity contribution >= 4 is 23.4 Å². The van der Waals surface area contributed by atoms with Crippen LogP contribution in [0.25, 0.3) is 0 Å². The molecule has 24 heavy (non-hydrogen) atoms. The lowest BCUT2D eigenvalue weighted by molar-refractivity contribution is -0.118. The number of anilines is 1. The Balaban J connectivity index is 1.70. The first-order valence-corrected chi connectivity index (χ1v) is 9.10. The fraction of sp³-hybridized carbons (Fsp3) is 0.316. The van der Waals surface area contributed by atoms with E-state index in [9.17, 15) is 4.79 Å². The van der Waals surface area contributed by atoms with Crippen LogP contribution < -0.4 is 14.4 Å². The van der Waals surface area contributed by atoms with Gasteiger partial charge in [-0.25, -0.2) is 0 Å². The van der Waals surface area contributed by atoms with Crippen LogP contribution in [0.1, 0.15) is 30.6 Å². The lowest BCUT2D eigenvalue weighted by atomic mass is 10.1. The summed E-state index contributed by atoms with van der Waals surface area (Å²) in [6, 6.07) is 14.1. The molecule has 5 heteroatoms. The van der Waals surface area contributed by atoms with Crippen molar-refractivity contribution in [2.75, 3.05) is 18.2 Å². The number of para-hydroxylation sites is 1. The lowest BCUT2D eigenvalue weighted by Gasteiger charge is -2.21. The SMILES string of the molecule is CCCN1C(=O)CC(c2ccc3c(c2)OCO3)Sc2ccccc21. The number of carbonyl (C=O) groups is 1. The fourth-order valence-corrected chi connectivity index (χ4v) is 4.42. The van der Waals surface area contributed by atoms with Crippen molar-refractivity contribution < 1.29 is 14.3 Å². The highest BCUT2D eigenvalue weighted by Crippen LogP contribution is 2.47. The summed E-state index contributed by atoms with van der Waals surface area (Å²) in [7, 11) is 0. The molecule has 2 heterocycles. The molecule has 2 aromatic rings. The Morgan fingerprint density at radius 2 is 2.00 bits per heavy atom. The molecule has 0 radical (unpaired) electrons. The average molecular weight is 341 g/mol. The van der Waals surface area contributed by atoms with E-state index < -0.39 is 0 Å². The number of rotatable bonds is 3. The molecule has 0 saturated carbocycles. The number of nitrogens with zero attached hydrogens (tertiary/aromatic N) is 1. The number of ether oxygens (including phenoxy) is 2. The van der Waals surface area contributed by atoms with Crippen molar-refractivity contribution in [3.8, 4) is 11.5 Å². The monoisotopic (exact) mass is 341 g/mol. The third kappa shape index (κ3) is 2.73. The van der Waals surface area contributed by atoms with Crippen LogP contribution in [0.3, 0.4) is 0 Å². The van der Waals surface area contributed by atoms with E-state index in [1.807, 2.05) is 41.3 Å². The maximum atomic E-state index is 12.8. The van der Waals surface area contributed by atoms with Crippen molar-refractivity contribution in [3.05, 3.63) is 48.0 Å². The molecule has 2 aliphatic heterocycles. The molecule has 1 unspecified atom stereocenters. The molecule has 4 nitrogen and oxygen atoms in total. The first-order valence-electron chi connectivity index (χ1n) is 8.22. The molecule has 0 bridgehead atoms. The van der Waals surface area contributed by atoms with Gasteiger partial charge in [-0.05, 0) is 36.2 Å². The molecule has 0 N–H and O–H groups in total. The predicted octanol–water partition coefficient (Wildman–Crippen LogP) is 4.40. The number of hydrogen-bond donors (Lipinski definition) is 0. The molecule has 124 valence electrons. The van der Waals surface area contributed by atoms with Gasteiger partial charge in [0.25, 0.3) is 0 Å². The van der Waals surface area contributed by atoms with Crippen molar-refractivity contribution in [1.82, 2.24) is 0 Å². The summed E-state index contributed by atoms with van der Waals surface area (Å²) in [4.78, 5) is 15.9. The smallest absolute Gasteiger partial charge is 0.231 e. The van der Waals surface area contributed by atoms with Crippen molar-refractivity contribution in [1.29, 1.82) is 0 Å². The van der Waals surface area contributed by atoms with Gasteiger partial charge in [0.15, 0.2) is 11.5 Å². The van der Waals surface area contributed by atoms with E-state index >= 15 is 0 Å². The second-order valence-corrected chi connectivity index (χ2v) is 7.18. The zero-order valence-corrected chi connectivity index (χ0v) is 14.3. The molecule has 1 atom stereocenters. The van der Waals surface area contributed by atoms with E-state index in [4.69, 9.17) is 9.47 Å². The van der Waals surface area contributed by atoms with Gasteiger partial charge in [-0.2, -0.15) is 0 Å². The van der Waals surface area contributed by atoms with Crippen LogP contribution in [0.15, 0.2) is 47.4 Å². The molecular formula is C19H19NO3S.